The molecule has 5 nitrogen and oxygen atoms in total. The standard InChI is InChI=1S/C23H33N3O2/c27-22-14-17(16-26(22)21-12-3-1-2-4-13-21)23(28)25-20-11-7-10-19(15-20)24-18-8-5-6-9-18/h7,10-11,15,17-18,21,24H,1-6,8-9,12-14,16H2,(H,25,28)/t17-/m0/s1. The van der Waals surface area contributed by atoms with Crippen LogP contribution in [0.2, 0.25) is 0 Å². The molecule has 2 N–H and O–H groups in total. The Kier molecular flexibility index (Phi) is 6.18. The zero-order valence-electron chi connectivity index (χ0n) is 16.8. The maximum Gasteiger partial charge on any atom is 0.229 e. The van der Waals surface area contributed by atoms with E-state index in [1.165, 1.54) is 51.4 Å². The number of amides is 2. The molecule has 1 aromatic carbocycles. The van der Waals surface area contributed by atoms with E-state index in [-0.39, 0.29) is 17.7 Å². The van der Waals surface area contributed by atoms with Crippen LogP contribution in [0.25, 0.3) is 0 Å². The molecule has 0 spiro atoms. The summed E-state index contributed by atoms with van der Waals surface area (Å²) in [5.74, 6) is -0.103. The van der Waals surface area contributed by atoms with Crippen LogP contribution < -0.4 is 10.6 Å². The Morgan fingerprint density at radius 1 is 0.929 bits per heavy atom. The third-order valence-corrected chi connectivity index (χ3v) is 6.65. The third kappa shape index (κ3) is 4.68. The van der Waals surface area contributed by atoms with Crippen molar-refractivity contribution in [2.24, 2.45) is 5.92 Å². The van der Waals surface area contributed by atoms with E-state index in [4.69, 9.17) is 0 Å². The lowest BCUT2D eigenvalue weighted by Gasteiger charge is -2.27. The first kappa shape index (κ1) is 19.3. The second kappa shape index (κ2) is 8.97. The summed E-state index contributed by atoms with van der Waals surface area (Å²) >= 11 is 0. The predicted octanol–water partition coefficient (Wildman–Crippen LogP) is 4.55. The SMILES string of the molecule is O=C(Nc1cccc(NC2CCCC2)c1)[C@H]1CC(=O)N(C2CCCCCC2)C1. The van der Waals surface area contributed by atoms with Crippen LogP contribution in [0.5, 0.6) is 0 Å². The minimum Gasteiger partial charge on any atom is -0.382 e. The highest BCUT2D eigenvalue weighted by atomic mass is 16.2. The van der Waals surface area contributed by atoms with Gasteiger partial charge in [-0.2, -0.15) is 0 Å². The van der Waals surface area contributed by atoms with Gasteiger partial charge in [-0.05, 0) is 43.9 Å². The first-order valence-electron chi connectivity index (χ1n) is 11.2. The smallest absolute Gasteiger partial charge is 0.229 e. The molecule has 0 unspecified atom stereocenters. The van der Waals surface area contributed by atoms with Gasteiger partial charge in [0.1, 0.15) is 0 Å². The molecular weight excluding hydrogens is 350 g/mol. The molecule has 1 saturated heterocycles. The quantitative estimate of drug-likeness (QED) is 0.733. The average molecular weight is 384 g/mol. The van der Waals surface area contributed by atoms with Crippen molar-refractivity contribution in [3.05, 3.63) is 24.3 Å². The van der Waals surface area contributed by atoms with E-state index in [0.29, 0.717) is 25.0 Å². The van der Waals surface area contributed by atoms with Crippen molar-refractivity contribution in [1.29, 1.82) is 0 Å². The Balaban J connectivity index is 1.34. The number of anilines is 2. The van der Waals surface area contributed by atoms with Crippen molar-refractivity contribution in [3.8, 4) is 0 Å². The Morgan fingerprint density at radius 2 is 1.61 bits per heavy atom. The molecule has 1 aromatic rings. The number of nitrogens with zero attached hydrogens (tertiary/aromatic N) is 1. The summed E-state index contributed by atoms with van der Waals surface area (Å²) in [7, 11) is 0. The molecule has 2 amide bonds. The first-order chi connectivity index (χ1) is 13.7. The summed E-state index contributed by atoms with van der Waals surface area (Å²) in [5, 5.41) is 6.62. The third-order valence-electron chi connectivity index (χ3n) is 6.65. The summed E-state index contributed by atoms with van der Waals surface area (Å²) in [6.07, 6.45) is 12.5. The van der Waals surface area contributed by atoms with Crippen molar-refractivity contribution in [2.75, 3.05) is 17.2 Å². The van der Waals surface area contributed by atoms with Crippen LogP contribution in [-0.4, -0.2) is 35.3 Å². The molecule has 3 aliphatic rings. The van der Waals surface area contributed by atoms with Gasteiger partial charge in [-0.15, -0.1) is 0 Å². The molecule has 0 aromatic heterocycles. The molecule has 2 saturated carbocycles. The molecule has 1 atom stereocenters. The van der Waals surface area contributed by atoms with Crippen LogP contribution in [0.1, 0.15) is 70.6 Å². The Labute approximate surface area is 168 Å². The number of benzene rings is 1. The topological polar surface area (TPSA) is 61.4 Å². The molecule has 5 heteroatoms. The van der Waals surface area contributed by atoms with Gasteiger partial charge in [0.05, 0.1) is 5.92 Å². The van der Waals surface area contributed by atoms with Crippen LogP contribution >= 0.6 is 0 Å². The molecule has 1 aliphatic heterocycles. The lowest BCUT2D eigenvalue weighted by atomic mass is 10.1. The van der Waals surface area contributed by atoms with Gasteiger partial charge in [0, 0.05) is 36.4 Å². The van der Waals surface area contributed by atoms with E-state index in [9.17, 15) is 9.59 Å². The Morgan fingerprint density at radius 3 is 2.36 bits per heavy atom. The second-order valence-electron chi connectivity index (χ2n) is 8.79. The summed E-state index contributed by atoms with van der Waals surface area (Å²) in [4.78, 5) is 27.3. The lowest BCUT2D eigenvalue weighted by Crippen LogP contribution is -2.37. The fourth-order valence-electron chi connectivity index (χ4n) is 5.07. The van der Waals surface area contributed by atoms with E-state index < -0.39 is 0 Å². The van der Waals surface area contributed by atoms with Crippen LogP contribution in [0.4, 0.5) is 11.4 Å². The van der Waals surface area contributed by atoms with E-state index >= 15 is 0 Å². The second-order valence-corrected chi connectivity index (χ2v) is 8.79. The number of rotatable bonds is 5. The molecule has 1 heterocycles. The van der Waals surface area contributed by atoms with Gasteiger partial charge in [0.15, 0.2) is 0 Å². The van der Waals surface area contributed by atoms with Gasteiger partial charge in [-0.1, -0.05) is 44.6 Å². The van der Waals surface area contributed by atoms with Gasteiger partial charge in [-0.3, -0.25) is 9.59 Å². The largest absolute Gasteiger partial charge is 0.382 e. The number of hydrogen-bond donors (Lipinski definition) is 2. The highest BCUT2D eigenvalue weighted by molar-refractivity contribution is 5.97. The van der Waals surface area contributed by atoms with E-state index in [2.05, 4.69) is 16.7 Å². The number of carbonyl (C=O) groups is 2. The number of likely N-dealkylation sites (tertiary alicyclic amines) is 1. The summed E-state index contributed by atoms with van der Waals surface area (Å²) < 4.78 is 0. The fraction of sp³-hybridized carbons (Fsp3) is 0.652. The zero-order valence-corrected chi connectivity index (χ0v) is 16.8. The van der Waals surface area contributed by atoms with Gasteiger partial charge in [-0.25, -0.2) is 0 Å². The molecule has 4 rings (SSSR count). The van der Waals surface area contributed by atoms with Crippen molar-refractivity contribution in [3.63, 3.8) is 0 Å². The summed E-state index contributed by atoms with van der Waals surface area (Å²) in [6.45, 7) is 0.579. The van der Waals surface area contributed by atoms with Crippen molar-refractivity contribution < 1.29 is 9.59 Å². The molecule has 0 radical (unpaired) electrons. The van der Waals surface area contributed by atoms with Gasteiger partial charge in [0.2, 0.25) is 11.8 Å². The first-order valence-corrected chi connectivity index (χ1v) is 11.2. The normalized spacial score (nSPS) is 24.4. The molecular formula is C23H33N3O2. The maximum absolute atomic E-state index is 12.8. The monoisotopic (exact) mass is 383 g/mol. The highest BCUT2D eigenvalue weighted by Gasteiger charge is 2.37. The molecule has 3 fully saturated rings. The maximum atomic E-state index is 12.8. The molecule has 152 valence electrons. The Bertz CT molecular complexity index is 691. The van der Waals surface area contributed by atoms with Crippen molar-refractivity contribution >= 4 is 23.2 Å². The molecule has 2 aliphatic carbocycles. The minimum atomic E-state index is -0.234. The average Bonchev–Trinajstić information content (AvgIpc) is 3.24. The fourth-order valence-corrected chi connectivity index (χ4v) is 5.07. The van der Waals surface area contributed by atoms with Gasteiger partial charge < -0.3 is 15.5 Å². The van der Waals surface area contributed by atoms with Crippen molar-refractivity contribution in [1.82, 2.24) is 4.90 Å². The number of hydrogen-bond acceptors (Lipinski definition) is 3. The molecule has 28 heavy (non-hydrogen) atoms. The van der Waals surface area contributed by atoms with Crippen molar-refractivity contribution in [2.45, 2.75) is 82.7 Å². The van der Waals surface area contributed by atoms with Crippen LogP contribution in [-0.2, 0) is 9.59 Å². The van der Waals surface area contributed by atoms with E-state index in [1.54, 1.807) is 0 Å². The van der Waals surface area contributed by atoms with E-state index in [0.717, 1.165) is 24.2 Å². The summed E-state index contributed by atoms with van der Waals surface area (Å²) in [6, 6.07) is 8.86. The minimum absolute atomic E-state index is 0.0255. The molecule has 0 bridgehead atoms. The van der Waals surface area contributed by atoms with Crippen LogP contribution in [0.3, 0.4) is 0 Å². The van der Waals surface area contributed by atoms with Gasteiger partial charge >= 0.3 is 0 Å². The van der Waals surface area contributed by atoms with E-state index in [1.807, 2.05) is 23.1 Å². The highest BCUT2D eigenvalue weighted by Crippen LogP contribution is 2.29. The van der Waals surface area contributed by atoms with Gasteiger partial charge in [0.25, 0.3) is 0 Å². The Hall–Kier alpha value is -2.04. The lowest BCUT2D eigenvalue weighted by molar-refractivity contribution is -0.130. The number of nitrogens with one attached hydrogen (secondary N) is 2. The van der Waals surface area contributed by atoms with Crippen LogP contribution in [0, 0.1) is 5.92 Å². The summed E-state index contributed by atoms with van der Waals surface area (Å²) in [5.41, 5.74) is 1.88. The zero-order chi connectivity index (χ0) is 19.3. The van der Waals surface area contributed by atoms with Crippen LogP contribution in [0.15, 0.2) is 24.3 Å². The number of carbonyl (C=O) groups excluding carboxylic acids is 2. The predicted molar refractivity (Wildman–Crippen MR) is 112 cm³/mol.